The van der Waals surface area contributed by atoms with Gasteiger partial charge in [0.15, 0.2) is 6.10 Å². The third kappa shape index (κ3) is 4.28. The van der Waals surface area contributed by atoms with Crippen molar-refractivity contribution in [3.8, 4) is 0 Å². The molecule has 0 aliphatic carbocycles. The Morgan fingerprint density at radius 2 is 2.09 bits per heavy atom. The number of aliphatic carboxylic acids is 1. The number of amides is 1. The fourth-order valence-electron chi connectivity index (χ4n) is 2.22. The molecule has 0 aromatic heterocycles. The van der Waals surface area contributed by atoms with Gasteiger partial charge < -0.3 is 15.2 Å². The molecule has 1 aliphatic heterocycles. The molecule has 120 valence electrons. The lowest BCUT2D eigenvalue weighted by Gasteiger charge is -2.13. The van der Waals surface area contributed by atoms with Crippen LogP contribution in [0, 0.1) is 0 Å². The topological polar surface area (TPSA) is 92.7 Å². The second-order valence-corrected chi connectivity index (χ2v) is 6.88. The van der Waals surface area contributed by atoms with Gasteiger partial charge in [0, 0.05) is 33.5 Å². The van der Waals surface area contributed by atoms with Crippen LogP contribution < -0.4 is 5.32 Å². The lowest BCUT2D eigenvalue weighted by atomic mass is 10.1. The normalized spacial score (nSPS) is 22.3. The first kappa shape index (κ1) is 16.9. The minimum atomic E-state index is -1.06. The Kier molecular flexibility index (Phi) is 5.55. The van der Waals surface area contributed by atoms with Gasteiger partial charge >= 0.3 is 5.97 Å². The van der Waals surface area contributed by atoms with E-state index in [9.17, 15) is 13.8 Å². The van der Waals surface area contributed by atoms with E-state index in [0.29, 0.717) is 34.9 Å². The quantitative estimate of drug-likeness (QED) is 0.848. The molecule has 6 nitrogen and oxygen atoms in total. The summed E-state index contributed by atoms with van der Waals surface area (Å²) in [7, 11) is -1.05. The van der Waals surface area contributed by atoms with Crippen LogP contribution in [0.25, 0.3) is 0 Å². The van der Waals surface area contributed by atoms with E-state index in [1.54, 1.807) is 24.5 Å². The van der Waals surface area contributed by atoms with Gasteiger partial charge in [-0.05, 0) is 36.6 Å². The summed E-state index contributed by atoms with van der Waals surface area (Å²) in [6, 6.07) is 4.91. The van der Waals surface area contributed by atoms with Crippen molar-refractivity contribution in [2.45, 2.75) is 30.8 Å². The number of nitrogens with one attached hydrogen (secondary N) is 1. The van der Waals surface area contributed by atoms with Gasteiger partial charge in [0.25, 0.3) is 5.91 Å². The maximum absolute atomic E-state index is 12.1. The first-order valence-electron chi connectivity index (χ1n) is 6.64. The van der Waals surface area contributed by atoms with Gasteiger partial charge in [0.1, 0.15) is 6.10 Å². The number of carbonyl (C=O) groups excluding carboxylic acids is 1. The molecular weight excluding hydrogens is 330 g/mol. The Morgan fingerprint density at radius 3 is 2.68 bits per heavy atom. The van der Waals surface area contributed by atoms with Gasteiger partial charge in [-0.1, -0.05) is 11.6 Å². The van der Waals surface area contributed by atoms with Gasteiger partial charge in [0.2, 0.25) is 0 Å². The van der Waals surface area contributed by atoms with Gasteiger partial charge in [-0.3, -0.25) is 9.00 Å². The molecule has 2 rings (SSSR count). The number of ether oxygens (including phenoxy) is 1. The molecule has 1 aromatic rings. The highest BCUT2D eigenvalue weighted by Crippen LogP contribution is 2.24. The molecule has 8 heteroatoms. The number of rotatable bonds is 5. The molecule has 3 atom stereocenters. The van der Waals surface area contributed by atoms with Crippen LogP contribution in [0.1, 0.15) is 18.4 Å². The van der Waals surface area contributed by atoms with E-state index < -0.39 is 34.9 Å². The molecule has 1 fully saturated rings. The molecule has 1 heterocycles. The van der Waals surface area contributed by atoms with Gasteiger partial charge in [-0.2, -0.15) is 0 Å². The highest BCUT2D eigenvalue weighted by Gasteiger charge is 2.34. The third-order valence-corrected chi connectivity index (χ3v) is 4.35. The highest BCUT2D eigenvalue weighted by atomic mass is 35.5. The molecule has 2 N–H and O–H groups in total. The minimum Gasteiger partial charge on any atom is -0.479 e. The molecule has 22 heavy (non-hydrogen) atoms. The van der Waals surface area contributed by atoms with Crippen LogP contribution in [-0.2, 0) is 30.9 Å². The zero-order valence-electron chi connectivity index (χ0n) is 11.9. The zero-order chi connectivity index (χ0) is 16.3. The summed E-state index contributed by atoms with van der Waals surface area (Å²) in [4.78, 5) is 22.9. The monoisotopic (exact) mass is 345 g/mol. The summed E-state index contributed by atoms with van der Waals surface area (Å²) in [5.41, 5.74) is 1.19. The molecule has 0 spiro atoms. The van der Waals surface area contributed by atoms with Crippen molar-refractivity contribution in [3.05, 3.63) is 28.8 Å². The molecule has 1 aromatic carbocycles. The van der Waals surface area contributed by atoms with Crippen LogP contribution in [0.2, 0.25) is 5.02 Å². The zero-order valence-corrected chi connectivity index (χ0v) is 13.4. The smallest absolute Gasteiger partial charge is 0.332 e. The molecule has 1 saturated heterocycles. The van der Waals surface area contributed by atoms with E-state index in [2.05, 4.69) is 5.32 Å². The largest absolute Gasteiger partial charge is 0.479 e. The maximum Gasteiger partial charge on any atom is 0.332 e. The number of halogens is 1. The van der Waals surface area contributed by atoms with Crippen LogP contribution in [0.4, 0.5) is 5.69 Å². The molecule has 0 saturated carbocycles. The van der Waals surface area contributed by atoms with E-state index in [1.807, 2.05) is 0 Å². The van der Waals surface area contributed by atoms with Crippen molar-refractivity contribution >= 4 is 40.0 Å². The van der Waals surface area contributed by atoms with Crippen LogP contribution in [0.5, 0.6) is 0 Å². The fraction of sp³-hybridized carbons (Fsp3) is 0.429. The van der Waals surface area contributed by atoms with E-state index in [-0.39, 0.29) is 0 Å². The number of anilines is 1. The van der Waals surface area contributed by atoms with Crippen LogP contribution in [-0.4, -0.2) is 39.7 Å². The second-order valence-electron chi connectivity index (χ2n) is 5.04. The maximum atomic E-state index is 12.1. The van der Waals surface area contributed by atoms with Crippen LogP contribution >= 0.6 is 11.6 Å². The van der Waals surface area contributed by atoms with Gasteiger partial charge in [-0.15, -0.1) is 0 Å². The predicted molar refractivity (Wildman–Crippen MR) is 83.4 cm³/mol. The Hall–Kier alpha value is -1.44. The van der Waals surface area contributed by atoms with Crippen LogP contribution in [0.3, 0.4) is 0 Å². The fourth-order valence-corrected chi connectivity index (χ4v) is 3.16. The summed E-state index contributed by atoms with van der Waals surface area (Å²) in [6.45, 7) is 0. The average Bonchev–Trinajstić information content (AvgIpc) is 2.92. The number of benzene rings is 1. The molecule has 1 unspecified atom stereocenters. The van der Waals surface area contributed by atoms with Crippen molar-refractivity contribution in [2.75, 3.05) is 11.6 Å². The lowest BCUT2D eigenvalue weighted by Crippen LogP contribution is -2.29. The Labute approximate surface area is 135 Å². The number of hydrogen-bond donors (Lipinski definition) is 2. The minimum absolute atomic E-state index is 0.295. The Morgan fingerprint density at radius 1 is 1.41 bits per heavy atom. The molecule has 1 aliphatic rings. The van der Waals surface area contributed by atoms with Gasteiger partial charge in [0.05, 0.1) is 0 Å². The summed E-state index contributed by atoms with van der Waals surface area (Å²) >= 11 is 6.02. The molecule has 0 bridgehead atoms. The van der Waals surface area contributed by atoms with Crippen molar-refractivity contribution in [1.29, 1.82) is 0 Å². The molecular formula is C14H16ClNO5S. The SMILES string of the molecule is CS(=O)Cc1cc(NC(=O)[C@@H]2CC[C@H](C(=O)O)O2)ccc1Cl. The first-order chi connectivity index (χ1) is 10.4. The van der Waals surface area contributed by atoms with Crippen molar-refractivity contribution < 1.29 is 23.6 Å². The molecule has 1 amide bonds. The summed E-state index contributed by atoms with van der Waals surface area (Å²) in [5, 5.41) is 12.0. The second kappa shape index (κ2) is 7.21. The van der Waals surface area contributed by atoms with E-state index in [1.165, 1.54) is 0 Å². The number of carboxylic acid groups (broad SMARTS) is 1. The summed E-state index contributed by atoms with van der Waals surface area (Å²) < 4.78 is 16.5. The van der Waals surface area contributed by atoms with E-state index in [0.717, 1.165) is 0 Å². The number of carbonyl (C=O) groups is 2. The Balaban J connectivity index is 2.03. The number of carboxylic acids is 1. The summed E-state index contributed by atoms with van der Waals surface area (Å²) in [6.07, 6.45) is 0.538. The average molecular weight is 346 g/mol. The van der Waals surface area contributed by atoms with Crippen LogP contribution in [0.15, 0.2) is 18.2 Å². The van der Waals surface area contributed by atoms with Crippen molar-refractivity contribution in [3.63, 3.8) is 0 Å². The third-order valence-electron chi connectivity index (χ3n) is 3.26. The standard InChI is InChI=1S/C14H16ClNO5S/c1-22(20)7-8-6-9(2-3-10(8)15)16-13(17)11-4-5-12(21-11)14(18)19/h2-3,6,11-12H,4-5,7H2,1H3,(H,16,17)(H,18,19)/t11-,12+,22?/m0/s1. The molecule has 0 radical (unpaired) electrons. The number of hydrogen-bond acceptors (Lipinski definition) is 4. The van der Waals surface area contributed by atoms with Crippen molar-refractivity contribution in [2.24, 2.45) is 0 Å². The summed E-state index contributed by atoms with van der Waals surface area (Å²) in [5.74, 6) is -1.16. The van der Waals surface area contributed by atoms with Gasteiger partial charge in [-0.25, -0.2) is 4.79 Å². The van der Waals surface area contributed by atoms with Crippen molar-refractivity contribution in [1.82, 2.24) is 0 Å². The first-order valence-corrected chi connectivity index (χ1v) is 8.75. The predicted octanol–water partition coefficient (Wildman–Crippen LogP) is 1.79. The lowest BCUT2D eigenvalue weighted by molar-refractivity contribution is -0.150. The highest BCUT2D eigenvalue weighted by molar-refractivity contribution is 7.83. The Bertz CT molecular complexity index is 621. The van der Waals surface area contributed by atoms with E-state index >= 15 is 0 Å². The van der Waals surface area contributed by atoms with E-state index in [4.69, 9.17) is 21.4 Å².